The van der Waals surface area contributed by atoms with Crippen LogP contribution in [0.4, 0.5) is 0 Å². The molecule has 6 heteroatoms. The Bertz CT molecular complexity index is 927. The molecule has 0 radical (unpaired) electrons. The highest BCUT2D eigenvalue weighted by Crippen LogP contribution is 2.39. The van der Waals surface area contributed by atoms with Gasteiger partial charge in [-0.05, 0) is 37.3 Å². The third-order valence-corrected chi connectivity index (χ3v) is 5.19. The van der Waals surface area contributed by atoms with Gasteiger partial charge >= 0.3 is 0 Å². The summed E-state index contributed by atoms with van der Waals surface area (Å²) in [6.45, 7) is 6.45. The second-order valence-corrected chi connectivity index (χ2v) is 7.31. The van der Waals surface area contributed by atoms with Crippen LogP contribution in [0.15, 0.2) is 18.6 Å². The van der Waals surface area contributed by atoms with E-state index in [0.29, 0.717) is 30.5 Å². The number of Topliss-reactive ketones (excluding diaryl/α,β-unsaturated/α-hetero) is 1. The van der Waals surface area contributed by atoms with Crippen LogP contribution >= 0.6 is 0 Å². The molecule has 1 aliphatic carbocycles. The van der Waals surface area contributed by atoms with E-state index in [-0.39, 0.29) is 0 Å². The van der Waals surface area contributed by atoms with Gasteiger partial charge in [0, 0.05) is 36.1 Å². The maximum absolute atomic E-state index is 11.6. The highest BCUT2D eigenvalue weighted by atomic mass is 16.1. The van der Waals surface area contributed by atoms with Gasteiger partial charge in [0.15, 0.2) is 5.65 Å². The lowest BCUT2D eigenvalue weighted by Gasteiger charge is -2.21. The molecule has 6 nitrogen and oxygen atoms in total. The normalized spacial score (nSPS) is 16.2. The lowest BCUT2D eigenvalue weighted by atomic mass is 9.82. The first kappa shape index (κ1) is 16.0. The van der Waals surface area contributed by atoms with Crippen molar-refractivity contribution in [3.63, 3.8) is 0 Å². The second kappa shape index (κ2) is 6.10. The first-order valence-electron chi connectivity index (χ1n) is 8.94. The zero-order valence-electron chi connectivity index (χ0n) is 14.9. The maximum atomic E-state index is 11.6. The van der Waals surface area contributed by atoms with Crippen molar-refractivity contribution in [3.05, 3.63) is 35.4 Å². The van der Waals surface area contributed by atoms with Gasteiger partial charge < -0.3 is 0 Å². The number of fused-ring (bicyclic) bond motifs is 1. The number of aromatic nitrogens is 5. The summed E-state index contributed by atoms with van der Waals surface area (Å²) in [4.78, 5) is 15.9. The van der Waals surface area contributed by atoms with Crippen LogP contribution in [0.5, 0.6) is 0 Å². The average Bonchev–Trinajstić information content (AvgIpc) is 3.22. The van der Waals surface area contributed by atoms with E-state index in [1.165, 1.54) is 5.56 Å². The van der Waals surface area contributed by atoms with Gasteiger partial charge in [-0.2, -0.15) is 10.2 Å². The summed E-state index contributed by atoms with van der Waals surface area (Å²) in [5.74, 6) is 1.11. The standard InChI is InChI=1S/C19H23N5O/c1-11(2)16-17(13-4-6-15(25)7-5-13)22-23-18(16)14-8-12(3)19-20-10-21-24(19)9-14/h8-11,13H,4-7H2,1-3H3,(H,22,23). The SMILES string of the molecule is Cc1cc(-c2[nH]nc(C3CCC(=O)CC3)c2C(C)C)cn2ncnc12. The van der Waals surface area contributed by atoms with E-state index < -0.39 is 0 Å². The number of aryl methyl sites for hydroxylation is 1. The molecular weight excluding hydrogens is 314 g/mol. The van der Waals surface area contributed by atoms with Crippen LogP contribution in [0.2, 0.25) is 0 Å². The molecule has 0 bridgehead atoms. The second-order valence-electron chi connectivity index (χ2n) is 7.31. The molecule has 1 saturated carbocycles. The predicted octanol–water partition coefficient (Wildman–Crippen LogP) is 3.78. The molecule has 4 rings (SSSR count). The van der Waals surface area contributed by atoms with Crippen molar-refractivity contribution in [2.45, 2.75) is 58.3 Å². The summed E-state index contributed by atoms with van der Waals surface area (Å²) < 4.78 is 1.81. The van der Waals surface area contributed by atoms with Crippen molar-refractivity contribution in [2.24, 2.45) is 0 Å². The highest BCUT2D eigenvalue weighted by Gasteiger charge is 2.28. The summed E-state index contributed by atoms with van der Waals surface area (Å²) in [5.41, 5.74) is 6.49. The number of hydrogen-bond donors (Lipinski definition) is 1. The molecule has 0 aromatic carbocycles. The lowest BCUT2D eigenvalue weighted by Crippen LogP contribution is -2.14. The van der Waals surface area contributed by atoms with Crippen molar-refractivity contribution >= 4 is 11.4 Å². The monoisotopic (exact) mass is 337 g/mol. The van der Waals surface area contributed by atoms with E-state index in [4.69, 9.17) is 0 Å². The largest absolute Gasteiger partial charge is 0.300 e. The molecule has 1 N–H and O–H groups in total. The number of aromatic amines is 1. The molecule has 0 spiro atoms. The van der Waals surface area contributed by atoms with Crippen LogP contribution < -0.4 is 0 Å². The Balaban J connectivity index is 1.80. The third-order valence-electron chi connectivity index (χ3n) is 5.19. The fraction of sp³-hybridized carbons (Fsp3) is 0.474. The van der Waals surface area contributed by atoms with Crippen LogP contribution in [0, 0.1) is 6.92 Å². The molecule has 0 atom stereocenters. The first-order valence-corrected chi connectivity index (χ1v) is 8.94. The van der Waals surface area contributed by atoms with Gasteiger partial charge in [0.1, 0.15) is 12.1 Å². The molecule has 25 heavy (non-hydrogen) atoms. The van der Waals surface area contributed by atoms with Gasteiger partial charge in [0.2, 0.25) is 0 Å². The predicted molar refractivity (Wildman–Crippen MR) is 95.6 cm³/mol. The number of hydrogen-bond acceptors (Lipinski definition) is 4. The van der Waals surface area contributed by atoms with Gasteiger partial charge in [-0.25, -0.2) is 9.50 Å². The Hall–Kier alpha value is -2.50. The van der Waals surface area contributed by atoms with Crippen LogP contribution in [-0.2, 0) is 4.79 Å². The number of H-pyrrole nitrogens is 1. The third kappa shape index (κ3) is 2.75. The molecule has 1 aliphatic rings. The summed E-state index contributed by atoms with van der Waals surface area (Å²) >= 11 is 0. The fourth-order valence-corrected chi connectivity index (χ4v) is 3.92. The number of nitrogens with one attached hydrogen (secondary N) is 1. The van der Waals surface area contributed by atoms with Crippen molar-refractivity contribution in [1.82, 2.24) is 24.8 Å². The number of pyridine rings is 1. The van der Waals surface area contributed by atoms with E-state index in [1.807, 2.05) is 17.6 Å². The number of carbonyl (C=O) groups is 1. The molecule has 3 heterocycles. The zero-order valence-corrected chi connectivity index (χ0v) is 14.9. The Kier molecular flexibility index (Phi) is 3.90. The molecule has 0 unspecified atom stereocenters. The van der Waals surface area contributed by atoms with Gasteiger partial charge in [-0.15, -0.1) is 0 Å². The van der Waals surface area contributed by atoms with Crippen molar-refractivity contribution in [2.75, 3.05) is 0 Å². The molecule has 1 fully saturated rings. The van der Waals surface area contributed by atoms with Crippen molar-refractivity contribution < 1.29 is 4.79 Å². The minimum absolute atomic E-state index is 0.355. The number of ketones is 1. The van der Waals surface area contributed by atoms with E-state index in [0.717, 1.165) is 41.0 Å². The van der Waals surface area contributed by atoms with Gasteiger partial charge in [0.25, 0.3) is 0 Å². The highest BCUT2D eigenvalue weighted by molar-refractivity contribution is 5.79. The van der Waals surface area contributed by atoms with Crippen molar-refractivity contribution in [1.29, 1.82) is 0 Å². The Morgan fingerprint density at radius 1 is 1.28 bits per heavy atom. The Labute approximate surface area is 146 Å². The molecule has 3 aromatic rings. The molecule has 3 aromatic heterocycles. The van der Waals surface area contributed by atoms with Crippen LogP contribution in [0.25, 0.3) is 16.9 Å². The molecular formula is C19H23N5O. The summed E-state index contributed by atoms with van der Waals surface area (Å²) in [6, 6.07) is 2.14. The fourth-order valence-electron chi connectivity index (χ4n) is 3.92. The van der Waals surface area contributed by atoms with E-state index in [2.05, 4.69) is 40.2 Å². The first-order chi connectivity index (χ1) is 12.0. The maximum Gasteiger partial charge on any atom is 0.158 e. The van der Waals surface area contributed by atoms with Gasteiger partial charge in [0.05, 0.1) is 11.4 Å². The zero-order chi connectivity index (χ0) is 17.6. The van der Waals surface area contributed by atoms with E-state index >= 15 is 0 Å². The molecule has 130 valence electrons. The number of carbonyl (C=O) groups excluding carboxylic acids is 1. The quantitative estimate of drug-likeness (QED) is 0.789. The molecule has 0 saturated heterocycles. The molecule has 0 aliphatic heterocycles. The summed E-state index contributed by atoms with van der Waals surface area (Å²) in [5, 5.41) is 12.2. The average molecular weight is 337 g/mol. The lowest BCUT2D eigenvalue weighted by molar-refractivity contribution is -0.120. The molecule has 0 amide bonds. The van der Waals surface area contributed by atoms with E-state index in [1.54, 1.807) is 6.33 Å². The van der Waals surface area contributed by atoms with Crippen molar-refractivity contribution in [3.8, 4) is 11.3 Å². The smallest absolute Gasteiger partial charge is 0.158 e. The Morgan fingerprint density at radius 2 is 2.04 bits per heavy atom. The number of rotatable bonds is 3. The minimum Gasteiger partial charge on any atom is -0.300 e. The van der Waals surface area contributed by atoms with E-state index in [9.17, 15) is 4.79 Å². The minimum atomic E-state index is 0.355. The topological polar surface area (TPSA) is 75.9 Å². The van der Waals surface area contributed by atoms with Gasteiger partial charge in [-0.1, -0.05) is 13.8 Å². The van der Waals surface area contributed by atoms with Crippen LogP contribution in [0.3, 0.4) is 0 Å². The Morgan fingerprint density at radius 3 is 2.76 bits per heavy atom. The summed E-state index contributed by atoms with van der Waals surface area (Å²) in [6.07, 6.45) is 6.74. The number of nitrogens with zero attached hydrogens (tertiary/aromatic N) is 4. The van der Waals surface area contributed by atoms with Crippen LogP contribution in [0.1, 0.15) is 68.2 Å². The van der Waals surface area contributed by atoms with Crippen LogP contribution in [-0.4, -0.2) is 30.6 Å². The van der Waals surface area contributed by atoms with Gasteiger partial charge in [-0.3, -0.25) is 9.89 Å². The summed E-state index contributed by atoms with van der Waals surface area (Å²) in [7, 11) is 0.